The van der Waals surface area contributed by atoms with Gasteiger partial charge in [0, 0.05) is 5.92 Å². The highest BCUT2D eigenvalue weighted by molar-refractivity contribution is 5.91. The number of alkyl carbamates (subject to hydrolysis) is 1. The predicted octanol–water partition coefficient (Wildman–Crippen LogP) is 3.83. The molecule has 1 saturated heterocycles. The number of Topliss-reactive ketones (excluding diaryl/α,β-unsaturated/α-hetero) is 1. The molecule has 0 aromatic carbocycles. The second-order valence-electron chi connectivity index (χ2n) is 5.74. The lowest BCUT2D eigenvalue weighted by Crippen LogP contribution is -2.38. The van der Waals surface area contributed by atoms with E-state index in [1.165, 1.54) is 32.1 Å². The molecule has 1 heterocycles. The molecule has 0 radical (unpaired) electrons. The smallest absolute Gasteiger partial charge is 0.407 e. The maximum Gasteiger partial charge on any atom is 0.407 e. The maximum atomic E-state index is 12.5. The Morgan fingerprint density at radius 2 is 1.75 bits per heavy atom. The number of carbonyl (C=O) groups excluding carboxylic acids is 2. The number of hydrogen-bond donors (Lipinski definition) is 1. The van der Waals surface area contributed by atoms with Crippen LogP contribution < -0.4 is 5.32 Å². The first-order valence-corrected chi connectivity index (χ1v) is 8.16. The number of ketones is 1. The molecule has 0 aliphatic carbocycles. The molecule has 0 saturated carbocycles. The lowest BCUT2D eigenvalue weighted by atomic mass is 9.88. The Labute approximate surface area is 122 Å². The van der Waals surface area contributed by atoms with E-state index in [0.29, 0.717) is 0 Å². The van der Waals surface area contributed by atoms with E-state index in [2.05, 4.69) is 19.2 Å². The fourth-order valence-corrected chi connectivity index (χ4v) is 2.71. The van der Waals surface area contributed by atoms with E-state index in [9.17, 15) is 9.59 Å². The molecule has 1 unspecified atom stereocenters. The van der Waals surface area contributed by atoms with Gasteiger partial charge < -0.3 is 10.1 Å². The van der Waals surface area contributed by atoms with Crippen molar-refractivity contribution in [3.05, 3.63) is 0 Å². The SMILES string of the molecule is CCCCCCC(CCCCC)C(=O)[C@@H]1COC(=O)N1. The molecular formula is C16H29NO3. The number of amides is 1. The van der Waals surface area contributed by atoms with Crippen LogP contribution in [0, 0.1) is 5.92 Å². The monoisotopic (exact) mass is 283 g/mol. The molecule has 0 aromatic rings. The Morgan fingerprint density at radius 3 is 2.30 bits per heavy atom. The van der Waals surface area contributed by atoms with Gasteiger partial charge in [-0.15, -0.1) is 0 Å². The van der Waals surface area contributed by atoms with Crippen LogP contribution in [0.25, 0.3) is 0 Å². The normalized spacial score (nSPS) is 19.5. The zero-order valence-corrected chi connectivity index (χ0v) is 13.0. The van der Waals surface area contributed by atoms with Gasteiger partial charge in [-0.1, -0.05) is 58.8 Å². The van der Waals surface area contributed by atoms with Crippen LogP contribution in [-0.2, 0) is 9.53 Å². The molecule has 0 bridgehead atoms. The second kappa shape index (κ2) is 9.78. The summed E-state index contributed by atoms with van der Waals surface area (Å²) < 4.78 is 4.83. The highest BCUT2D eigenvalue weighted by atomic mass is 16.6. The van der Waals surface area contributed by atoms with E-state index in [4.69, 9.17) is 4.74 Å². The van der Waals surface area contributed by atoms with E-state index >= 15 is 0 Å². The standard InChI is InChI=1S/C16H29NO3/c1-3-5-7-9-11-13(10-8-6-4-2)15(18)14-12-20-16(19)17-14/h13-14H,3-12H2,1-2H3,(H,17,19)/t13?,14-/m0/s1. The zero-order valence-electron chi connectivity index (χ0n) is 13.0. The number of rotatable bonds is 11. The van der Waals surface area contributed by atoms with Crippen LogP contribution in [-0.4, -0.2) is 24.5 Å². The number of carbonyl (C=O) groups is 2. The first-order chi connectivity index (χ1) is 9.69. The summed E-state index contributed by atoms with van der Waals surface area (Å²) in [6.45, 7) is 4.56. The van der Waals surface area contributed by atoms with Crippen molar-refractivity contribution in [2.45, 2.75) is 77.7 Å². The van der Waals surface area contributed by atoms with Crippen molar-refractivity contribution in [3.63, 3.8) is 0 Å². The van der Waals surface area contributed by atoms with E-state index in [0.717, 1.165) is 25.7 Å². The predicted molar refractivity (Wildman–Crippen MR) is 79.7 cm³/mol. The number of cyclic esters (lactones) is 1. The molecule has 1 aliphatic heterocycles. The van der Waals surface area contributed by atoms with Gasteiger partial charge in [0.25, 0.3) is 0 Å². The fourth-order valence-electron chi connectivity index (χ4n) is 2.71. The first-order valence-electron chi connectivity index (χ1n) is 8.16. The first kappa shape index (κ1) is 17.0. The molecule has 0 aromatic heterocycles. The Kier molecular flexibility index (Phi) is 8.31. The van der Waals surface area contributed by atoms with Crippen molar-refractivity contribution in [3.8, 4) is 0 Å². The van der Waals surface area contributed by atoms with Gasteiger partial charge >= 0.3 is 6.09 Å². The maximum absolute atomic E-state index is 12.5. The van der Waals surface area contributed by atoms with Crippen LogP contribution >= 0.6 is 0 Å². The van der Waals surface area contributed by atoms with Crippen molar-refractivity contribution in [2.75, 3.05) is 6.61 Å². The van der Waals surface area contributed by atoms with Gasteiger partial charge in [0.15, 0.2) is 5.78 Å². The van der Waals surface area contributed by atoms with Crippen molar-refractivity contribution in [1.29, 1.82) is 0 Å². The summed E-state index contributed by atoms with van der Waals surface area (Å²) in [5.74, 6) is 0.258. The topological polar surface area (TPSA) is 55.4 Å². The quantitative estimate of drug-likeness (QED) is 0.586. The third-order valence-corrected chi connectivity index (χ3v) is 3.98. The number of ether oxygens (including phenoxy) is 1. The Hall–Kier alpha value is -1.06. The molecule has 1 N–H and O–H groups in total. The van der Waals surface area contributed by atoms with E-state index in [-0.39, 0.29) is 18.3 Å². The van der Waals surface area contributed by atoms with E-state index in [1.807, 2.05) is 0 Å². The molecule has 1 aliphatic rings. The Morgan fingerprint density at radius 1 is 1.15 bits per heavy atom. The summed E-state index contributed by atoms with van der Waals surface area (Å²) in [6.07, 6.45) is 9.63. The Balaban J connectivity index is 2.42. The molecule has 1 fully saturated rings. The summed E-state index contributed by atoms with van der Waals surface area (Å²) in [5.41, 5.74) is 0. The van der Waals surface area contributed by atoms with Gasteiger partial charge in [-0.05, 0) is 12.8 Å². The molecule has 4 nitrogen and oxygen atoms in total. The van der Waals surface area contributed by atoms with Crippen LogP contribution in [0.15, 0.2) is 0 Å². The van der Waals surface area contributed by atoms with Crippen LogP contribution in [0.2, 0.25) is 0 Å². The zero-order chi connectivity index (χ0) is 14.8. The van der Waals surface area contributed by atoms with Crippen LogP contribution in [0.4, 0.5) is 4.79 Å². The molecule has 0 spiro atoms. The third kappa shape index (κ3) is 5.93. The summed E-state index contributed by atoms with van der Waals surface area (Å²) >= 11 is 0. The van der Waals surface area contributed by atoms with Gasteiger partial charge in [-0.25, -0.2) is 4.79 Å². The lowest BCUT2D eigenvalue weighted by molar-refractivity contribution is -0.125. The van der Waals surface area contributed by atoms with Gasteiger partial charge in [-0.3, -0.25) is 4.79 Å². The summed E-state index contributed by atoms with van der Waals surface area (Å²) in [5, 5.41) is 2.62. The fraction of sp³-hybridized carbons (Fsp3) is 0.875. The van der Waals surface area contributed by atoms with Gasteiger partial charge in [0.1, 0.15) is 12.6 Å². The minimum Gasteiger partial charge on any atom is -0.447 e. The van der Waals surface area contributed by atoms with Crippen molar-refractivity contribution in [2.24, 2.45) is 5.92 Å². The minimum atomic E-state index is -0.457. The molecule has 4 heteroatoms. The van der Waals surface area contributed by atoms with Crippen LogP contribution in [0.1, 0.15) is 71.6 Å². The van der Waals surface area contributed by atoms with Gasteiger partial charge in [0.2, 0.25) is 0 Å². The molecular weight excluding hydrogens is 254 g/mol. The summed E-state index contributed by atoms with van der Waals surface area (Å²) in [7, 11) is 0. The third-order valence-electron chi connectivity index (χ3n) is 3.98. The summed E-state index contributed by atoms with van der Waals surface area (Å²) in [6, 6.07) is -0.416. The van der Waals surface area contributed by atoms with Crippen LogP contribution in [0.5, 0.6) is 0 Å². The largest absolute Gasteiger partial charge is 0.447 e. The summed E-state index contributed by atoms with van der Waals surface area (Å²) in [4.78, 5) is 23.5. The number of hydrogen-bond acceptors (Lipinski definition) is 3. The molecule has 116 valence electrons. The number of unbranched alkanes of at least 4 members (excludes halogenated alkanes) is 5. The minimum absolute atomic E-state index is 0.0883. The number of nitrogens with one attached hydrogen (secondary N) is 1. The molecule has 2 atom stereocenters. The highest BCUT2D eigenvalue weighted by Crippen LogP contribution is 2.21. The average molecular weight is 283 g/mol. The van der Waals surface area contributed by atoms with Gasteiger partial charge in [-0.2, -0.15) is 0 Å². The lowest BCUT2D eigenvalue weighted by Gasteiger charge is -2.18. The Bertz CT molecular complexity index is 304. The molecule has 20 heavy (non-hydrogen) atoms. The van der Waals surface area contributed by atoms with Gasteiger partial charge in [0.05, 0.1) is 0 Å². The average Bonchev–Trinajstić information content (AvgIpc) is 2.87. The van der Waals surface area contributed by atoms with Crippen molar-refractivity contribution in [1.82, 2.24) is 5.32 Å². The highest BCUT2D eigenvalue weighted by Gasteiger charge is 2.32. The van der Waals surface area contributed by atoms with Crippen LogP contribution in [0.3, 0.4) is 0 Å². The molecule has 1 amide bonds. The van der Waals surface area contributed by atoms with Crippen molar-refractivity contribution < 1.29 is 14.3 Å². The molecule has 1 rings (SSSR count). The second-order valence-corrected chi connectivity index (χ2v) is 5.74. The van der Waals surface area contributed by atoms with E-state index < -0.39 is 12.1 Å². The van der Waals surface area contributed by atoms with E-state index in [1.54, 1.807) is 0 Å². The van der Waals surface area contributed by atoms with Crippen molar-refractivity contribution >= 4 is 11.9 Å².